The van der Waals surface area contributed by atoms with Crippen molar-refractivity contribution in [2.24, 2.45) is 0 Å². The van der Waals surface area contributed by atoms with Gasteiger partial charge in [0.2, 0.25) is 0 Å². The predicted molar refractivity (Wildman–Crippen MR) is 68.1 cm³/mol. The van der Waals surface area contributed by atoms with Gasteiger partial charge in [-0.3, -0.25) is 9.78 Å². The van der Waals surface area contributed by atoms with Crippen LogP contribution in [0.25, 0.3) is 0 Å². The summed E-state index contributed by atoms with van der Waals surface area (Å²) in [5, 5.41) is 2.76. The van der Waals surface area contributed by atoms with Gasteiger partial charge < -0.3 is 5.32 Å². The van der Waals surface area contributed by atoms with Crippen LogP contribution in [0.1, 0.15) is 21.6 Å². The number of hydrogen-bond donors (Lipinski definition) is 1. The first-order chi connectivity index (χ1) is 8.58. The van der Waals surface area contributed by atoms with E-state index >= 15 is 0 Å². The largest absolute Gasteiger partial charge is 0.320 e. The molecule has 1 aromatic heterocycles. The molecule has 1 amide bonds. The van der Waals surface area contributed by atoms with Crippen molar-refractivity contribution in [1.29, 1.82) is 0 Å². The van der Waals surface area contributed by atoms with Gasteiger partial charge in [0.05, 0.1) is 11.4 Å². The molecule has 0 aliphatic rings. The third kappa shape index (κ3) is 2.53. The van der Waals surface area contributed by atoms with Crippen molar-refractivity contribution in [3.05, 3.63) is 59.2 Å². The SMILES string of the molecule is Cc1cc(F)ccc1C(=O)Nc1cccnc1C. The number of amides is 1. The number of benzene rings is 1. The van der Waals surface area contributed by atoms with E-state index < -0.39 is 0 Å². The van der Waals surface area contributed by atoms with E-state index in [9.17, 15) is 9.18 Å². The molecule has 0 atom stereocenters. The Hall–Kier alpha value is -2.23. The summed E-state index contributed by atoms with van der Waals surface area (Å²) >= 11 is 0. The van der Waals surface area contributed by atoms with Crippen LogP contribution in [-0.2, 0) is 0 Å². The van der Waals surface area contributed by atoms with E-state index in [1.807, 2.05) is 6.92 Å². The van der Waals surface area contributed by atoms with E-state index in [4.69, 9.17) is 0 Å². The number of hydrogen-bond acceptors (Lipinski definition) is 2. The Labute approximate surface area is 105 Å². The molecule has 0 radical (unpaired) electrons. The highest BCUT2D eigenvalue weighted by Crippen LogP contribution is 2.15. The molecule has 3 nitrogen and oxygen atoms in total. The molecule has 1 heterocycles. The van der Waals surface area contributed by atoms with Gasteiger partial charge in [0.15, 0.2) is 0 Å². The molecule has 2 rings (SSSR count). The number of aryl methyl sites for hydroxylation is 2. The first-order valence-electron chi connectivity index (χ1n) is 5.57. The Morgan fingerprint density at radius 1 is 1.28 bits per heavy atom. The average Bonchev–Trinajstić information content (AvgIpc) is 2.32. The number of nitrogens with one attached hydrogen (secondary N) is 1. The Kier molecular flexibility index (Phi) is 3.37. The molecule has 0 saturated heterocycles. The summed E-state index contributed by atoms with van der Waals surface area (Å²) in [4.78, 5) is 16.1. The molecule has 0 spiro atoms. The number of rotatable bonds is 2. The van der Waals surface area contributed by atoms with Gasteiger partial charge in [0.1, 0.15) is 5.82 Å². The lowest BCUT2D eigenvalue weighted by molar-refractivity contribution is 0.102. The lowest BCUT2D eigenvalue weighted by Crippen LogP contribution is -2.14. The van der Waals surface area contributed by atoms with E-state index in [0.717, 1.165) is 5.69 Å². The third-order valence-electron chi connectivity index (χ3n) is 2.69. The van der Waals surface area contributed by atoms with E-state index in [1.54, 1.807) is 25.3 Å². The molecule has 92 valence electrons. The minimum atomic E-state index is -0.346. The number of halogens is 1. The van der Waals surface area contributed by atoms with Crippen molar-refractivity contribution >= 4 is 11.6 Å². The summed E-state index contributed by atoms with van der Waals surface area (Å²) in [7, 11) is 0. The maximum absolute atomic E-state index is 13.0. The molecule has 0 unspecified atom stereocenters. The fourth-order valence-corrected chi connectivity index (χ4v) is 1.69. The number of nitrogens with zero attached hydrogens (tertiary/aromatic N) is 1. The topological polar surface area (TPSA) is 42.0 Å². The van der Waals surface area contributed by atoms with Gasteiger partial charge in [0.25, 0.3) is 5.91 Å². The molecular weight excluding hydrogens is 231 g/mol. The van der Waals surface area contributed by atoms with Gasteiger partial charge in [-0.15, -0.1) is 0 Å². The van der Waals surface area contributed by atoms with Crippen LogP contribution in [-0.4, -0.2) is 10.9 Å². The average molecular weight is 244 g/mol. The fraction of sp³-hybridized carbons (Fsp3) is 0.143. The van der Waals surface area contributed by atoms with Crippen LogP contribution < -0.4 is 5.32 Å². The molecule has 1 aromatic carbocycles. The van der Waals surface area contributed by atoms with Crippen molar-refractivity contribution in [2.45, 2.75) is 13.8 Å². The zero-order chi connectivity index (χ0) is 13.1. The summed E-state index contributed by atoms with van der Waals surface area (Å²) in [6.45, 7) is 3.52. The summed E-state index contributed by atoms with van der Waals surface area (Å²) in [6, 6.07) is 7.62. The van der Waals surface area contributed by atoms with Gasteiger partial charge in [-0.25, -0.2) is 4.39 Å². The van der Waals surface area contributed by atoms with Gasteiger partial charge >= 0.3 is 0 Å². The molecule has 18 heavy (non-hydrogen) atoms. The predicted octanol–water partition coefficient (Wildman–Crippen LogP) is 3.09. The molecule has 0 aliphatic carbocycles. The summed E-state index contributed by atoms with van der Waals surface area (Å²) in [6.07, 6.45) is 1.66. The molecular formula is C14H13FN2O. The standard InChI is InChI=1S/C14H13FN2O/c1-9-8-11(15)5-6-12(9)14(18)17-13-4-3-7-16-10(13)2/h3-8H,1-2H3,(H,17,18). The first-order valence-corrected chi connectivity index (χ1v) is 5.57. The number of anilines is 1. The lowest BCUT2D eigenvalue weighted by atomic mass is 10.1. The zero-order valence-electron chi connectivity index (χ0n) is 10.2. The van der Waals surface area contributed by atoms with Gasteiger partial charge in [-0.1, -0.05) is 0 Å². The van der Waals surface area contributed by atoms with Crippen LogP contribution in [0.15, 0.2) is 36.5 Å². The van der Waals surface area contributed by atoms with Gasteiger partial charge in [-0.05, 0) is 49.7 Å². The van der Waals surface area contributed by atoms with Crippen molar-refractivity contribution in [3.63, 3.8) is 0 Å². The second-order valence-corrected chi connectivity index (χ2v) is 4.05. The van der Waals surface area contributed by atoms with E-state index in [-0.39, 0.29) is 11.7 Å². The number of pyridine rings is 1. The molecule has 0 bridgehead atoms. The Bertz CT molecular complexity index is 596. The van der Waals surface area contributed by atoms with Gasteiger partial charge in [-0.2, -0.15) is 0 Å². The monoisotopic (exact) mass is 244 g/mol. The molecule has 0 fully saturated rings. The molecule has 0 aliphatic heterocycles. The highest BCUT2D eigenvalue weighted by atomic mass is 19.1. The maximum atomic E-state index is 13.0. The number of carbonyl (C=O) groups is 1. The fourth-order valence-electron chi connectivity index (χ4n) is 1.69. The molecule has 0 saturated carbocycles. The van der Waals surface area contributed by atoms with E-state index in [0.29, 0.717) is 16.8 Å². The number of carbonyl (C=O) groups excluding carboxylic acids is 1. The van der Waals surface area contributed by atoms with Crippen LogP contribution in [0.3, 0.4) is 0 Å². The smallest absolute Gasteiger partial charge is 0.255 e. The second kappa shape index (κ2) is 4.96. The van der Waals surface area contributed by atoms with E-state index in [1.165, 1.54) is 18.2 Å². The quantitative estimate of drug-likeness (QED) is 0.882. The second-order valence-electron chi connectivity index (χ2n) is 4.05. The van der Waals surface area contributed by atoms with Crippen LogP contribution in [0, 0.1) is 19.7 Å². The van der Waals surface area contributed by atoms with Crippen LogP contribution in [0.2, 0.25) is 0 Å². The Morgan fingerprint density at radius 3 is 2.72 bits per heavy atom. The van der Waals surface area contributed by atoms with Crippen molar-refractivity contribution < 1.29 is 9.18 Å². The van der Waals surface area contributed by atoms with Gasteiger partial charge in [0, 0.05) is 11.8 Å². The normalized spacial score (nSPS) is 10.2. The summed E-state index contributed by atoms with van der Waals surface area (Å²) < 4.78 is 13.0. The maximum Gasteiger partial charge on any atom is 0.255 e. The van der Waals surface area contributed by atoms with E-state index in [2.05, 4.69) is 10.3 Å². The summed E-state index contributed by atoms with van der Waals surface area (Å²) in [5.41, 5.74) is 2.46. The van der Waals surface area contributed by atoms with Crippen LogP contribution in [0.5, 0.6) is 0 Å². The minimum Gasteiger partial charge on any atom is -0.320 e. The van der Waals surface area contributed by atoms with Crippen LogP contribution >= 0.6 is 0 Å². The lowest BCUT2D eigenvalue weighted by Gasteiger charge is -2.09. The highest BCUT2D eigenvalue weighted by molar-refractivity contribution is 6.05. The Balaban J connectivity index is 2.25. The Morgan fingerprint density at radius 2 is 2.06 bits per heavy atom. The van der Waals surface area contributed by atoms with Crippen LogP contribution in [0.4, 0.5) is 10.1 Å². The highest BCUT2D eigenvalue weighted by Gasteiger charge is 2.11. The molecule has 1 N–H and O–H groups in total. The zero-order valence-corrected chi connectivity index (χ0v) is 10.2. The number of aromatic nitrogens is 1. The third-order valence-corrected chi connectivity index (χ3v) is 2.69. The summed E-state index contributed by atoms with van der Waals surface area (Å²) in [5.74, 6) is -0.606. The first kappa shape index (κ1) is 12.2. The van der Waals surface area contributed by atoms with Crippen molar-refractivity contribution in [1.82, 2.24) is 4.98 Å². The minimum absolute atomic E-state index is 0.261. The van der Waals surface area contributed by atoms with Crippen molar-refractivity contribution in [3.8, 4) is 0 Å². The van der Waals surface area contributed by atoms with Crippen molar-refractivity contribution in [2.75, 3.05) is 5.32 Å². The molecule has 2 aromatic rings. The molecule has 4 heteroatoms.